The van der Waals surface area contributed by atoms with Gasteiger partial charge in [-0.3, -0.25) is 4.79 Å². The Balaban J connectivity index is 0.00000289. The van der Waals surface area contributed by atoms with Crippen LogP contribution in [0, 0.1) is 5.92 Å². The zero-order chi connectivity index (χ0) is 12.9. The third kappa shape index (κ3) is 7.06. The lowest BCUT2D eigenvalue weighted by Gasteiger charge is -2.29. The van der Waals surface area contributed by atoms with Crippen molar-refractivity contribution in [2.75, 3.05) is 13.1 Å². The predicted octanol–water partition coefficient (Wildman–Crippen LogP) is 2.26. The number of nitrogens with one attached hydrogen (secondary N) is 2. The van der Waals surface area contributed by atoms with Gasteiger partial charge in [-0.1, -0.05) is 0 Å². The van der Waals surface area contributed by atoms with Gasteiger partial charge in [0.05, 0.1) is 6.42 Å². The van der Waals surface area contributed by atoms with E-state index >= 15 is 0 Å². The molecule has 0 aromatic rings. The molecule has 1 fully saturated rings. The normalized spacial score (nSPS) is 21.9. The summed E-state index contributed by atoms with van der Waals surface area (Å²) < 4.78 is 35.8. The highest BCUT2D eigenvalue weighted by molar-refractivity contribution is 5.85. The van der Waals surface area contributed by atoms with Crippen LogP contribution in [-0.4, -0.2) is 31.2 Å². The Labute approximate surface area is 111 Å². The second kappa shape index (κ2) is 7.84. The molecule has 0 aromatic heterocycles. The zero-order valence-corrected chi connectivity index (χ0v) is 11.2. The van der Waals surface area contributed by atoms with Gasteiger partial charge in [-0.25, -0.2) is 0 Å². The first kappa shape index (κ1) is 17.5. The monoisotopic (exact) mass is 288 g/mol. The molecule has 2 unspecified atom stereocenters. The average Bonchev–Trinajstić information content (AvgIpc) is 2.27. The SMILES string of the molecule is CC(NC(=O)CCC(F)(F)F)C1CCCNC1.Cl. The van der Waals surface area contributed by atoms with Crippen molar-refractivity contribution in [2.24, 2.45) is 5.92 Å². The van der Waals surface area contributed by atoms with Crippen LogP contribution in [0.25, 0.3) is 0 Å². The van der Waals surface area contributed by atoms with Crippen LogP contribution in [0.4, 0.5) is 13.2 Å². The molecule has 108 valence electrons. The molecule has 0 saturated carbocycles. The standard InChI is InChI=1S/C11H19F3N2O.ClH/c1-8(9-3-2-6-15-7-9)16-10(17)4-5-11(12,13)14;/h8-9,15H,2-7H2,1H3,(H,16,17);1H. The molecule has 1 heterocycles. The molecule has 1 aliphatic rings. The molecule has 1 saturated heterocycles. The summed E-state index contributed by atoms with van der Waals surface area (Å²) in [5.41, 5.74) is 0. The van der Waals surface area contributed by atoms with E-state index in [0.29, 0.717) is 5.92 Å². The van der Waals surface area contributed by atoms with E-state index in [1.807, 2.05) is 6.92 Å². The summed E-state index contributed by atoms with van der Waals surface area (Å²) in [4.78, 5) is 11.3. The van der Waals surface area contributed by atoms with E-state index in [4.69, 9.17) is 0 Å². The van der Waals surface area contributed by atoms with Crippen molar-refractivity contribution in [3.05, 3.63) is 0 Å². The second-order valence-electron chi connectivity index (χ2n) is 4.58. The van der Waals surface area contributed by atoms with Gasteiger partial charge >= 0.3 is 6.18 Å². The molecular formula is C11H20ClF3N2O. The largest absolute Gasteiger partial charge is 0.389 e. The maximum atomic E-state index is 11.9. The average molecular weight is 289 g/mol. The third-order valence-electron chi connectivity index (χ3n) is 3.07. The number of alkyl halides is 3. The molecule has 3 nitrogen and oxygen atoms in total. The number of hydrogen-bond acceptors (Lipinski definition) is 2. The van der Waals surface area contributed by atoms with Gasteiger partial charge in [0, 0.05) is 12.5 Å². The summed E-state index contributed by atoms with van der Waals surface area (Å²) in [6, 6.07) is -0.0662. The van der Waals surface area contributed by atoms with Crippen LogP contribution in [0.3, 0.4) is 0 Å². The highest BCUT2D eigenvalue weighted by Gasteiger charge is 2.28. The molecule has 2 N–H and O–H groups in total. The van der Waals surface area contributed by atoms with Crippen LogP contribution in [0.15, 0.2) is 0 Å². The van der Waals surface area contributed by atoms with Gasteiger partial charge in [-0.05, 0) is 38.8 Å². The van der Waals surface area contributed by atoms with Crippen molar-refractivity contribution in [2.45, 2.75) is 44.8 Å². The molecule has 1 aliphatic heterocycles. The van der Waals surface area contributed by atoms with Crippen molar-refractivity contribution in [1.82, 2.24) is 10.6 Å². The maximum Gasteiger partial charge on any atom is 0.389 e. The van der Waals surface area contributed by atoms with Crippen molar-refractivity contribution in [3.8, 4) is 0 Å². The minimum absolute atomic E-state index is 0. The van der Waals surface area contributed by atoms with Gasteiger partial charge in [-0.15, -0.1) is 12.4 Å². The molecule has 0 aromatic carbocycles. The summed E-state index contributed by atoms with van der Waals surface area (Å²) in [5, 5.41) is 5.86. The lowest BCUT2D eigenvalue weighted by atomic mass is 9.93. The minimum Gasteiger partial charge on any atom is -0.353 e. The number of halogens is 4. The molecule has 2 atom stereocenters. The van der Waals surface area contributed by atoms with Gasteiger partial charge in [0.1, 0.15) is 0 Å². The number of hydrogen-bond donors (Lipinski definition) is 2. The van der Waals surface area contributed by atoms with E-state index in [1.54, 1.807) is 0 Å². The Hall–Kier alpha value is -0.490. The van der Waals surface area contributed by atoms with Crippen LogP contribution in [-0.2, 0) is 4.79 Å². The Morgan fingerprint density at radius 1 is 1.50 bits per heavy atom. The summed E-state index contributed by atoms with van der Waals surface area (Å²) in [6.07, 6.45) is -3.73. The molecule has 0 radical (unpaired) electrons. The first-order valence-electron chi connectivity index (χ1n) is 5.95. The topological polar surface area (TPSA) is 41.1 Å². The van der Waals surface area contributed by atoms with E-state index < -0.39 is 24.9 Å². The fourth-order valence-electron chi connectivity index (χ4n) is 2.00. The lowest BCUT2D eigenvalue weighted by Crippen LogP contribution is -2.44. The Morgan fingerprint density at radius 3 is 2.67 bits per heavy atom. The van der Waals surface area contributed by atoms with Crippen LogP contribution in [0.5, 0.6) is 0 Å². The number of carbonyl (C=O) groups excluding carboxylic acids is 1. The number of carbonyl (C=O) groups is 1. The summed E-state index contributed by atoms with van der Waals surface area (Å²) in [6.45, 7) is 3.65. The smallest absolute Gasteiger partial charge is 0.353 e. The van der Waals surface area contributed by atoms with Crippen molar-refractivity contribution in [3.63, 3.8) is 0 Å². The molecule has 0 bridgehead atoms. The maximum absolute atomic E-state index is 11.9. The van der Waals surface area contributed by atoms with Crippen LogP contribution < -0.4 is 10.6 Å². The summed E-state index contributed by atoms with van der Waals surface area (Å²) in [5.74, 6) is -0.195. The van der Waals surface area contributed by atoms with E-state index in [0.717, 1.165) is 25.9 Å². The highest BCUT2D eigenvalue weighted by Crippen LogP contribution is 2.21. The molecule has 0 spiro atoms. The summed E-state index contributed by atoms with van der Waals surface area (Å²) >= 11 is 0. The fraction of sp³-hybridized carbons (Fsp3) is 0.909. The molecule has 7 heteroatoms. The van der Waals surface area contributed by atoms with E-state index in [9.17, 15) is 18.0 Å². The first-order valence-corrected chi connectivity index (χ1v) is 5.95. The van der Waals surface area contributed by atoms with Crippen molar-refractivity contribution in [1.29, 1.82) is 0 Å². The number of piperidine rings is 1. The van der Waals surface area contributed by atoms with Crippen LogP contribution in [0.2, 0.25) is 0 Å². The van der Waals surface area contributed by atoms with Gasteiger partial charge in [0.15, 0.2) is 0 Å². The minimum atomic E-state index is -4.26. The molecule has 0 aliphatic carbocycles. The number of amides is 1. The fourth-order valence-corrected chi connectivity index (χ4v) is 2.00. The number of rotatable bonds is 4. The first-order chi connectivity index (χ1) is 7.88. The lowest BCUT2D eigenvalue weighted by molar-refractivity contribution is -0.144. The molecule has 1 amide bonds. The van der Waals surface area contributed by atoms with E-state index in [-0.39, 0.29) is 18.4 Å². The third-order valence-corrected chi connectivity index (χ3v) is 3.07. The predicted molar refractivity (Wildman–Crippen MR) is 65.7 cm³/mol. The van der Waals surface area contributed by atoms with E-state index in [1.165, 1.54) is 0 Å². The van der Waals surface area contributed by atoms with Gasteiger partial charge in [0.25, 0.3) is 0 Å². The zero-order valence-electron chi connectivity index (χ0n) is 10.3. The van der Waals surface area contributed by atoms with Crippen LogP contribution >= 0.6 is 12.4 Å². The van der Waals surface area contributed by atoms with Crippen LogP contribution in [0.1, 0.15) is 32.6 Å². The molecule has 1 rings (SSSR count). The molecule has 18 heavy (non-hydrogen) atoms. The van der Waals surface area contributed by atoms with Crippen molar-refractivity contribution >= 4 is 18.3 Å². The quantitative estimate of drug-likeness (QED) is 0.833. The highest BCUT2D eigenvalue weighted by atomic mass is 35.5. The second-order valence-corrected chi connectivity index (χ2v) is 4.58. The summed E-state index contributed by atoms with van der Waals surface area (Å²) in [7, 11) is 0. The Bertz CT molecular complexity index is 255. The van der Waals surface area contributed by atoms with Gasteiger partial charge in [0.2, 0.25) is 5.91 Å². The Kier molecular flexibility index (Phi) is 7.62. The Morgan fingerprint density at radius 2 is 2.17 bits per heavy atom. The van der Waals surface area contributed by atoms with Gasteiger partial charge < -0.3 is 10.6 Å². The van der Waals surface area contributed by atoms with Gasteiger partial charge in [-0.2, -0.15) is 13.2 Å². The van der Waals surface area contributed by atoms with E-state index in [2.05, 4.69) is 10.6 Å². The van der Waals surface area contributed by atoms with Crippen molar-refractivity contribution < 1.29 is 18.0 Å². The molecular weight excluding hydrogens is 269 g/mol.